The van der Waals surface area contributed by atoms with E-state index in [2.05, 4.69) is 5.32 Å². The molecule has 0 bridgehead atoms. The van der Waals surface area contributed by atoms with Gasteiger partial charge in [-0.2, -0.15) is 0 Å². The molecule has 0 saturated carbocycles. The van der Waals surface area contributed by atoms with E-state index in [0.717, 1.165) is 0 Å². The quantitative estimate of drug-likeness (QED) is 0.907. The van der Waals surface area contributed by atoms with Crippen molar-refractivity contribution >= 4 is 40.7 Å². The Morgan fingerprint density at radius 1 is 1.23 bits per heavy atom. The van der Waals surface area contributed by atoms with E-state index in [1.54, 1.807) is 18.2 Å². The van der Waals surface area contributed by atoms with Gasteiger partial charge in [0, 0.05) is 29.9 Å². The Bertz CT molecular complexity index is 567. The zero-order valence-corrected chi connectivity index (χ0v) is 14.2. The van der Waals surface area contributed by atoms with E-state index in [1.807, 2.05) is 18.7 Å². The van der Waals surface area contributed by atoms with Crippen molar-refractivity contribution in [1.29, 1.82) is 0 Å². The molecule has 1 fully saturated rings. The van der Waals surface area contributed by atoms with Gasteiger partial charge in [-0.25, -0.2) is 0 Å². The molecule has 0 aliphatic carbocycles. The molecule has 4 nitrogen and oxygen atoms in total. The second-order valence-electron chi connectivity index (χ2n) is 5.87. The zero-order valence-electron chi connectivity index (χ0n) is 12.7. The van der Waals surface area contributed by atoms with Crippen LogP contribution in [0.1, 0.15) is 26.7 Å². The Hall–Kier alpha value is -1.26. The smallest absolute Gasteiger partial charge is 0.227 e. The minimum Gasteiger partial charge on any atom is -0.342 e. The van der Waals surface area contributed by atoms with Crippen LogP contribution in [0.3, 0.4) is 0 Å². The van der Waals surface area contributed by atoms with E-state index >= 15 is 0 Å². The Labute approximate surface area is 140 Å². The van der Waals surface area contributed by atoms with Crippen molar-refractivity contribution < 1.29 is 9.59 Å². The van der Waals surface area contributed by atoms with Crippen LogP contribution >= 0.6 is 23.2 Å². The SMILES string of the molecule is CC(C)C(=O)N1CCC(C(=O)Nc2ccc(Cl)cc2Cl)CC1. The van der Waals surface area contributed by atoms with Crippen LogP contribution in [-0.2, 0) is 9.59 Å². The van der Waals surface area contributed by atoms with Crippen LogP contribution < -0.4 is 5.32 Å². The van der Waals surface area contributed by atoms with Crippen LogP contribution in [0.15, 0.2) is 18.2 Å². The molecule has 22 heavy (non-hydrogen) atoms. The van der Waals surface area contributed by atoms with Gasteiger partial charge in [0.15, 0.2) is 0 Å². The average molecular weight is 343 g/mol. The number of carbonyl (C=O) groups excluding carboxylic acids is 2. The first-order chi connectivity index (χ1) is 10.4. The highest BCUT2D eigenvalue weighted by Gasteiger charge is 2.28. The molecule has 120 valence electrons. The van der Waals surface area contributed by atoms with Crippen molar-refractivity contribution in [1.82, 2.24) is 4.90 Å². The molecule has 1 saturated heterocycles. The fourth-order valence-corrected chi connectivity index (χ4v) is 3.01. The van der Waals surface area contributed by atoms with Crippen molar-refractivity contribution in [2.45, 2.75) is 26.7 Å². The lowest BCUT2D eigenvalue weighted by atomic mass is 9.95. The van der Waals surface area contributed by atoms with Crippen LogP contribution in [-0.4, -0.2) is 29.8 Å². The van der Waals surface area contributed by atoms with E-state index in [9.17, 15) is 9.59 Å². The molecular weight excluding hydrogens is 323 g/mol. The molecule has 0 atom stereocenters. The fourth-order valence-electron chi connectivity index (χ4n) is 2.55. The van der Waals surface area contributed by atoms with Crippen LogP contribution in [0.5, 0.6) is 0 Å². The molecule has 0 aromatic heterocycles. The molecule has 1 aromatic carbocycles. The molecule has 1 aromatic rings. The van der Waals surface area contributed by atoms with Gasteiger partial charge in [-0.05, 0) is 31.0 Å². The predicted octanol–water partition coefficient (Wildman–Crippen LogP) is 3.83. The molecule has 1 N–H and O–H groups in total. The van der Waals surface area contributed by atoms with Gasteiger partial charge < -0.3 is 10.2 Å². The van der Waals surface area contributed by atoms with Gasteiger partial charge in [-0.1, -0.05) is 37.0 Å². The lowest BCUT2D eigenvalue weighted by Gasteiger charge is -2.32. The highest BCUT2D eigenvalue weighted by atomic mass is 35.5. The van der Waals surface area contributed by atoms with Gasteiger partial charge in [0.25, 0.3) is 0 Å². The monoisotopic (exact) mass is 342 g/mol. The minimum atomic E-state index is -0.0945. The summed E-state index contributed by atoms with van der Waals surface area (Å²) >= 11 is 11.9. The standard InChI is InChI=1S/C16H20Cl2N2O2/c1-10(2)16(22)20-7-5-11(6-8-20)15(21)19-14-4-3-12(17)9-13(14)18/h3-4,9-11H,5-8H2,1-2H3,(H,19,21). The summed E-state index contributed by atoms with van der Waals surface area (Å²) in [6.45, 7) is 5.04. The van der Waals surface area contributed by atoms with Gasteiger partial charge in [0.1, 0.15) is 0 Å². The predicted molar refractivity (Wildman–Crippen MR) is 89.2 cm³/mol. The van der Waals surface area contributed by atoms with Gasteiger partial charge in [-0.15, -0.1) is 0 Å². The highest BCUT2D eigenvalue weighted by Crippen LogP contribution is 2.27. The second-order valence-corrected chi connectivity index (χ2v) is 6.71. The summed E-state index contributed by atoms with van der Waals surface area (Å²) in [6, 6.07) is 4.98. The minimum absolute atomic E-state index is 0.00162. The summed E-state index contributed by atoms with van der Waals surface area (Å²) in [6.07, 6.45) is 1.35. The van der Waals surface area contributed by atoms with Gasteiger partial charge in [0.05, 0.1) is 10.7 Å². The van der Waals surface area contributed by atoms with Crippen LogP contribution in [0.2, 0.25) is 10.0 Å². The third-order valence-corrected chi connectivity index (χ3v) is 4.41. The Kier molecular flexibility index (Phi) is 5.70. The number of piperidine rings is 1. The molecule has 0 spiro atoms. The van der Waals surface area contributed by atoms with E-state index in [4.69, 9.17) is 23.2 Å². The summed E-state index contributed by atoms with van der Waals surface area (Å²) in [4.78, 5) is 26.1. The second kappa shape index (κ2) is 7.34. The number of carbonyl (C=O) groups is 2. The first-order valence-corrected chi connectivity index (χ1v) is 8.18. The number of likely N-dealkylation sites (tertiary alicyclic amines) is 1. The van der Waals surface area contributed by atoms with Crippen LogP contribution in [0.25, 0.3) is 0 Å². The van der Waals surface area contributed by atoms with Gasteiger partial charge in [-0.3, -0.25) is 9.59 Å². The Balaban J connectivity index is 1.91. The number of nitrogens with one attached hydrogen (secondary N) is 1. The van der Waals surface area contributed by atoms with Crippen LogP contribution in [0.4, 0.5) is 5.69 Å². The number of amides is 2. The largest absolute Gasteiger partial charge is 0.342 e. The lowest BCUT2D eigenvalue weighted by molar-refractivity contribution is -0.137. The molecule has 0 unspecified atom stereocenters. The van der Waals surface area contributed by atoms with Crippen molar-refractivity contribution in [3.8, 4) is 0 Å². The van der Waals surface area contributed by atoms with Crippen molar-refractivity contribution in [3.63, 3.8) is 0 Å². The van der Waals surface area contributed by atoms with Crippen molar-refractivity contribution in [3.05, 3.63) is 28.2 Å². The van der Waals surface area contributed by atoms with E-state index in [0.29, 0.717) is 41.7 Å². The van der Waals surface area contributed by atoms with E-state index in [1.165, 1.54) is 0 Å². The summed E-state index contributed by atoms with van der Waals surface area (Å²) in [5.41, 5.74) is 0.566. The first kappa shape index (κ1) is 17.1. The zero-order chi connectivity index (χ0) is 16.3. The third-order valence-electron chi connectivity index (χ3n) is 3.86. The van der Waals surface area contributed by atoms with Gasteiger partial charge >= 0.3 is 0 Å². The molecule has 2 amide bonds. The number of halogens is 2. The Morgan fingerprint density at radius 3 is 2.41 bits per heavy atom. The molecule has 6 heteroatoms. The maximum absolute atomic E-state index is 12.3. The van der Waals surface area contributed by atoms with E-state index in [-0.39, 0.29) is 23.7 Å². The average Bonchev–Trinajstić information content (AvgIpc) is 2.49. The number of hydrogen-bond donors (Lipinski definition) is 1. The number of anilines is 1. The number of rotatable bonds is 3. The fraction of sp³-hybridized carbons (Fsp3) is 0.500. The summed E-state index contributed by atoms with van der Waals surface area (Å²) in [7, 11) is 0. The van der Waals surface area contributed by atoms with Crippen LogP contribution in [0, 0.1) is 11.8 Å². The highest BCUT2D eigenvalue weighted by molar-refractivity contribution is 6.36. The van der Waals surface area contributed by atoms with E-state index < -0.39 is 0 Å². The van der Waals surface area contributed by atoms with Crippen molar-refractivity contribution in [2.24, 2.45) is 11.8 Å². The summed E-state index contributed by atoms with van der Waals surface area (Å²) in [5.74, 6) is 0.00156. The van der Waals surface area contributed by atoms with Crippen molar-refractivity contribution in [2.75, 3.05) is 18.4 Å². The maximum atomic E-state index is 12.3. The Morgan fingerprint density at radius 2 is 1.86 bits per heavy atom. The topological polar surface area (TPSA) is 49.4 Å². The number of nitrogens with zero attached hydrogens (tertiary/aromatic N) is 1. The molecule has 2 rings (SSSR count). The molecule has 1 aliphatic heterocycles. The summed E-state index contributed by atoms with van der Waals surface area (Å²) in [5, 5.41) is 3.80. The third kappa shape index (κ3) is 4.14. The number of hydrogen-bond acceptors (Lipinski definition) is 2. The molecule has 1 aliphatic rings. The number of benzene rings is 1. The summed E-state index contributed by atoms with van der Waals surface area (Å²) < 4.78 is 0. The molecule has 1 heterocycles. The maximum Gasteiger partial charge on any atom is 0.227 e. The molecular formula is C16H20Cl2N2O2. The van der Waals surface area contributed by atoms with Gasteiger partial charge in [0.2, 0.25) is 11.8 Å². The first-order valence-electron chi connectivity index (χ1n) is 7.43. The molecule has 0 radical (unpaired) electrons. The normalized spacial score (nSPS) is 16.0. The lowest BCUT2D eigenvalue weighted by Crippen LogP contribution is -2.43.